The molecule has 1 N–H and O–H groups in total. The van der Waals surface area contributed by atoms with Crippen molar-refractivity contribution in [1.29, 1.82) is 0 Å². The van der Waals surface area contributed by atoms with Gasteiger partial charge in [-0.15, -0.1) is 0 Å². The van der Waals surface area contributed by atoms with Gasteiger partial charge in [-0.3, -0.25) is 4.79 Å². The molecule has 1 saturated carbocycles. The third kappa shape index (κ3) is 3.31. The third-order valence-electron chi connectivity index (χ3n) is 4.89. The average Bonchev–Trinajstić information content (AvgIpc) is 3.09. The molecule has 2 saturated heterocycles. The first-order chi connectivity index (χ1) is 10.4. The van der Waals surface area contributed by atoms with E-state index in [1.807, 2.05) is 0 Å². The van der Waals surface area contributed by atoms with Gasteiger partial charge in [0.2, 0.25) is 5.91 Å². The van der Waals surface area contributed by atoms with Crippen molar-refractivity contribution in [1.82, 2.24) is 13.9 Å². The summed E-state index contributed by atoms with van der Waals surface area (Å²) in [5.74, 6) is 0.640. The molecule has 3 rings (SSSR count). The highest BCUT2D eigenvalue weighted by Gasteiger charge is 2.44. The van der Waals surface area contributed by atoms with Gasteiger partial charge in [-0.2, -0.15) is 17.0 Å². The zero-order chi connectivity index (χ0) is 15.9. The molecule has 6 nitrogen and oxygen atoms in total. The smallest absolute Gasteiger partial charge is 0.282 e. The highest BCUT2D eigenvalue weighted by molar-refractivity contribution is 7.86. The number of nitrogens with zero attached hydrogens (tertiary/aromatic N) is 2. The molecule has 3 aliphatic rings. The maximum absolute atomic E-state index is 13.0. The van der Waals surface area contributed by atoms with Crippen molar-refractivity contribution in [2.24, 2.45) is 11.8 Å². The number of amides is 1. The summed E-state index contributed by atoms with van der Waals surface area (Å²) >= 11 is 0. The van der Waals surface area contributed by atoms with E-state index < -0.39 is 16.3 Å². The summed E-state index contributed by atoms with van der Waals surface area (Å²) in [6, 6.07) is -0.245. The lowest BCUT2D eigenvalue weighted by Crippen LogP contribution is -2.54. The van der Waals surface area contributed by atoms with E-state index in [1.54, 1.807) is 4.31 Å². The first kappa shape index (κ1) is 16.2. The predicted molar refractivity (Wildman–Crippen MR) is 84.3 cm³/mol. The van der Waals surface area contributed by atoms with Crippen LogP contribution in [0.2, 0.25) is 0 Å². The summed E-state index contributed by atoms with van der Waals surface area (Å²) in [7, 11) is -3.53. The van der Waals surface area contributed by atoms with Gasteiger partial charge >= 0.3 is 0 Å². The molecule has 0 radical (unpaired) electrons. The van der Waals surface area contributed by atoms with Gasteiger partial charge in [0.1, 0.15) is 6.04 Å². The zero-order valence-electron chi connectivity index (χ0n) is 13.5. The van der Waals surface area contributed by atoms with Crippen LogP contribution in [0.5, 0.6) is 0 Å². The Kier molecular flexibility index (Phi) is 4.49. The second kappa shape index (κ2) is 6.09. The topological polar surface area (TPSA) is 69.7 Å². The fourth-order valence-electron chi connectivity index (χ4n) is 3.75. The van der Waals surface area contributed by atoms with Crippen LogP contribution in [-0.2, 0) is 15.0 Å². The fourth-order valence-corrected chi connectivity index (χ4v) is 5.81. The summed E-state index contributed by atoms with van der Waals surface area (Å²) in [6.07, 6.45) is 4.51. The maximum atomic E-state index is 13.0. The predicted octanol–water partition coefficient (Wildman–Crippen LogP) is 0.952. The van der Waals surface area contributed by atoms with Gasteiger partial charge in [0, 0.05) is 25.7 Å². The highest BCUT2D eigenvalue weighted by atomic mass is 32.2. The number of carbonyl (C=O) groups is 1. The van der Waals surface area contributed by atoms with E-state index >= 15 is 0 Å². The van der Waals surface area contributed by atoms with Gasteiger partial charge in [0.15, 0.2) is 0 Å². The summed E-state index contributed by atoms with van der Waals surface area (Å²) in [4.78, 5) is 12.3. The lowest BCUT2D eigenvalue weighted by Gasteiger charge is -2.37. The summed E-state index contributed by atoms with van der Waals surface area (Å²) in [5.41, 5.74) is 0. The van der Waals surface area contributed by atoms with Gasteiger partial charge in [0.25, 0.3) is 10.2 Å². The first-order valence-electron chi connectivity index (χ1n) is 8.45. The van der Waals surface area contributed by atoms with Crippen molar-refractivity contribution in [3.63, 3.8) is 0 Å². The Hall–Kier alpha value is -0.660. The largest absolute Gasteiger partial charge is 0.352 e. The first-order valence-corrected chi connectivity index (χ1v) is 9.85. The van der Waals surface area contributed by atoms with Gasteiger partial charge < -0.3 is 5.32 Å². The molecule has 3 atom stereocenters. The molecule has 0 spiro atoms. The third-order valence-corrected chi connectivity index (χ3v) is 6.87. The van der Waals surface area contributed by atoms with Crippen LogP contribution in [0.15, 0.2) is 0 Å². The van der Waals surface area contributed by atoms with E-state index in [4.69, 9.17) is 0 Å². The van der Waals surface area contributed by atoms with E-state index in [2.05, 4.69) is 19.2 Å². The molecule has 2 aliphatic heterocycles. The Morgan fingerprint density at radius 2 is 1.73 bits per heavy atom. The molecule has 7 heteroatoms. The maximum Gasteiger partial charge on any atom is 0.282 e. The molecule has 22 heavy (non-hydrogen) atoms. The molecule has 0 aromatic carbocycles. The Balaban J connectivity index is 1.73. The standard InChI is InChI=1S/C15H27N3O3S/c1-11-8-12(2)10-17(9-11)22(20,21)18-7-3-4-14(18)15(19)16-13-5-6-13/h11-14H,3-10H2,1-2H3,(H,16,19). The van der Waals surface area contributed by atoms with Crippen LogP contribution in [0, 0.1) is 11.8 Å². The van der Waals surface area contributed by atoms with Crippen molar-refractivity contribution in [2.75, 3.05) is 19.6 Å². The lowest BCUT2D eigenvalue weighted by atomic mass is 9.94. The Morgan fingerprint density at radius 1 is 1.09 bits per heavy atom. The molecule has 1 amide bonds. The second-order valence-electron chi connectivity index (χ2n) is 7.32. The van der Waals surface area contributed by atoms with Gasteiger partial charge in [-0.1, -0.05) is 13.8 Å². The average molecular weight is 329 g/mol. The monoisotopic (exact) mass is 329 g/mol. The molecule has 2 heterocycles. The van der Waals surface area contributed by atoms with Crippen LogP contribution in [0.4, 0.5) is 0 Å². The molecule has 3 unspecified atom stereocenters. The van der Waals surface area contributed by atoms with Crippen LogP contribution < -0.4 is 5.32 Å². The summed E-state index contributed by atoms with van der Waals surface area (Å²) in [5, 5.41) is 2.95. The number of hydrogen-bond acceptors (Lipinski definition) is 3. The molecule has 0 aromatic rings. The number of carbonyl (C=O) groups excluding carboxylic acids is 1. The van der Waals surface area contributed by atoms with Gasteiger partial charge in [-0.25, -0.2) is 0 Å². The van der Waals surface area contributed by atoms with Crippen LogP contribution >= 0.6 is 0 Å². The van der Waals surface area contributed by atoms with E-state index in [0.717, 1.165) is 25.7 Å². The van der Waals surface area contributed by atoms with E-state index in [-0.39, 0.29) is 11.9 Å². The zero-order valence-corrected chi connectivity index (χ0v) is 14.3. The highest BCUT2D eigenvalue weighted by Crippen LogP contribution is 2.29. The molecule has 3 fully saturated rings. The van der Waals surface area contributed by atoms with E-state index in [9.17, 15) is 13.2 Å². The quantitative estimate of drug-likeness (QED) is 0.835. The second-order valence-corrected chi connectivity index (χ2v) is 9.20. The Morgan fingerprint density at radius 3 is 2.32 bits per heavy atom. The number of piperidine rings is 1. The van der Waals surface area contributed by atoms with Crippen molar-refractivity contribution in [3.8, 4) is 0 Å². The minimum atomic E-state index is -3.53. The number of hydrogen-bond donors (Lipinski definition) is 1. The fraction of sp³-hybridized carbons (Fsp3) is 0.933. The summed E-state index contributed by atoms with van der Waals surface area (Å²) in [6.45, 7) is 5.80. The Bertz CT molecular complexity index is 522. The molecular weight excluding hydrogens is 302 g/mol. The van der Waals surface area contributed by atoms with Gasteiger partial charge in [-0.05, 0) is 43.9 Å². The normalized spacial score (nSPS) is 34.7. The van der Waals surface area contributed by atoms with Crippen molar-refractivity contribution in [2.45, 2.75) is 58.0 Å². The van der Waals surface area contributed by atoms with Crippen LogP contribution in [0.25, 0.3) is 0 Å². The van der Waals surface area contributed by atoms with Crippen molar-refractivity contribution in [3.05, 3.63) is 0 Å². The molecule has 0 aromatic heterocycles. The molecule has 1 aliphatic carbocycles. The number of rotatable bonds is 4. The molecule has 126 valence electrons. The minimum absolute atomic E-state index is 0.110. The van der Waals surface area contributed by atoms with Crippen LogP contribution in [0.3, 0.4) is 0 Å². The summed E-state index contributed by atoms with van der Waals surface area (Å²) < 4.78 is 29.0. The minimum Gasteiger partial charge on any atom is -0.352 e. The van der Waals surface area contributed by atoms with Crippen molar-refractivity contribution < 1.29 is 13.2 Å². The molecule has 0 bridgehead atoms. The lowest BCUT2D eigenvalue weighted by molar-refractivity contribution is -0.124. The number of nitrogens with one attached hydrogen (secondary N) is 1. The van der Waals surface area contributed by atoms with Gasteiger partial charge in [0.05, 0.1) is 0 Å². The van der Waals surface area contributed by atoms with Crippen LogP contribution in [0.1, 0.15) is 46.0 Å². The van der Waals surface area contributed by atoms with E-state index in [1.165, 1.54) is 4.31 Å². The van der Waals surface area contributed by atoms with E-state index in [0.29, 0.717) is 37.9 Å². The molecular formula is C15H27N3O3S. The van der Waals surface area contributed by atoms with Crippen LogP contribution in [-0.4, -0.2) is 54.7 Å². The Labute approximate surface area is 133 Å². The van der Waals surface area contributed by atoms with Crippen molar-refractivity contribution >= 4 is 16.1 Å². The SMILES string of the molecule is CC1CC(C)CN(S(=O)(=O)N2CCCC2C(=O)NC2CC2)C1.